The fourth-order valence-electron chi connectivity index (χ4n) is 3.82. The molecule has 0 amide bonds. The summed E-state index contributed by atoms with van der Waals surface area (Å²) in [6, 6.07) is 0. The van der Waals surface area contributed by atoms with Crippen molar-refractivity contribution in [1.82, 2.24) is 0 Å². The fourth-order valence-corrected chi connectivity index (χ4v) is 3.82. The summed E-state index contributed by atoms with van der Waals surface area (Å²) in [4.78, 5) is 23.1. The second-order valence-corrected chi connectivity index (χ2v) is 10.6. The van der Waals surface area contributed by atoms with Crippen LogP contribution in [0, 0.1) is 0 Å². The molecule has 0 unspecified atom stereocenters. The van der Waals surface area contributed by atoms with E-state index < -0.39 is 12.1 Å². The number of ether oxygens (including phenoxy) is 1. The molecule has 0 radical (unpaired) electrons. The highest BCUT2D eigenvalue weighted by Gasteiger charge is 2.24. The summed E-state index contributed by atoms with van der Waals surface area (Å²) in [7, 11) is 5.89. The molecule has 5 nitrogen and oxygen atoms in total. The van der Waals surface area contributed by atoms with E-state index in [1.54, 1.807) is 0 Å². The normalized spacial score (nSPS) is 13.4. The van der Waals surface area contributed by atoms with Gasteiger partial charge in [0.25, 0.3) is 0 Å². The molecule has 0 aromatic rings. The van der Waals surface area contributed by atoms with Crippen molar-refractivity contribution in [3.63, 3.8) is 0 Å². The van der Waals surface area contributed by atoms with Crippen molar-refractivity contribution in [1.29, 1.82) is 0 Å². The molecular formula is C31H54NO4+. The van der Waals surface area contributed by atoms with Gasteiger partial charge in [-0.2, -0.15) is 0 Å². The van der Waals surface area contributed by atoms with E-state index in [2.05, 4.69) is 55.5 Å². The molecule has 0 aliphatic carbocycles. The van der Waals surface area contributed by atoms with E-state index in [0.29, 0.717) is 17.4 Å². The minimum atomic E-state index is -0.935. The van der Waals surface area contributed by atoms with Crippen molar-refractivity contribution in [2.45, 2.75) is 109 Å². The van der Waals surface area contributed by atoms with Crippen LogP contribution in [0.1, 0.15) is 103 Å². The quantitative estimate of drug-likeness (QED) is 0.0667. The summed E-state index contributed by atoms with van der Waals surface area (Å²) in [5.74, 6) is -1.22. The predicted molar refractivity (Wildman–Crippen MR) is 152 cm³/mol. The Morgan fingerprint density at radius 1 is 0.722 bits per heavy atom. The fraction of sp³-hybridized carbons (Fsp3) is 0.677. The number of aliphatic carboxylic acids is 1. The third-order valence-corrected chi connectivity index (χ3v) is 5.66. The number of quaternary nitrogens is 1. The summed E-state index contributed by atoms with van der Waals surface area (Å²) in [5, 5.41) is 9.04. The summed E-state index contributed by atoms with van der Waals surface area (Å²) >= 11 is 0. The highest BCUT2D eigenvalue weighted by molar-refractivity contribution is 5.71. The number of unbranched alkanes of at least 4 members (excludes halogenated alkanes) is 8. The molecule has 206 valence electrons. The summed E-state index contributed by atoms with van der Waals surface area (Å²) in [6.07, 6.45) is 32.1. The third-order valence-electron chi connectivity index (χ3n) is 5.66. The Balaban J connectivity index is 3.68. The maximum Gasteiger partial charge on any atom is 0.307 e. The van der Waals surface area contributed by atoms with Gasteiger partial charge in [-0.1, -0.05) is 87.6 Å². The minimum Gasteiger partial charge on any atom is -0.481 e. The van der Waals surface area contributed by atoms with Gasteiger partial charge in [-0.05, 0) is 51.4 Å². The van der Waals surface area contributed by atoms with Crippen LogP contribution in [0.3, 0.4) is 0 Å². The molecule has 0 spiro atoms. The third kappa shape index (κ3) is 26.5. The van der Waals surface area contributed by atoms with Gasteiger partial charge in [-0.25, -0.2) is 0 Å². The number of carboxylic acids is 1. The smallest absolute Gasteiger partial charge is 0.307 e. The van der Waals surface area contributed by atoms with Crippen LogP contribution in [0.4, 0.5) is 0 Å². The lowest BCUT2D eigenvalue weighted by molar-refractivity contribution is -0.873. The van der Waals surface area contributed by atoms with Crippen molar-refractivity contribution in [3.05, 3.63) is 48.6 Å². The summed E-state index contributed by atoms with van der Waals surface area (Å²) in [6.45, 7) is 2.73. The van der Waals surface area contributed by atoms with Crippen molar-refractivity contribution >= 4 is 11.9 Å². The first-order chi connectivity index (χ1) is 17.2. The number of esters is 1. The highest BCUT2D eigenvalue weighted by atomic mass is 16.5. The molecule has 0 bridgehead atoms. The Bertz CT molecular complexity index is 671. The van der Waals surface area contributed by atoms with Crippen LogP contribution in [0.25, 0.3) is 0 Å². The Kier molecular flexibility index (Phi) is 21.9. The summed E-state index contributed by atoms with van der Waals surface area (Å²) < 4.78 is 5.99. The van der Waals surface area contributed by atoms with Crippen molar-refractivity contribution in [2.24, 2.45) is 0 Å². The van der Waals surface area contributed by atoms with E-state index in [4.69, 9.17) is 9.84 Å². The first kappa shape index (κ1) is 33.9. The first-order valence-electron chi connectivity index (χ1n) is 14.1. The van der Waals surface area contributed by atoms with Gasteiger partial charge >= 0.3 is 11.9 Å². The zero-order chi connectivity index (χ0) is 26.9. The number of rotatable bonds is 23. The van der Waals surface area contributed by atoms with Gasteiger partial charge in [0.05, 0.1) is 27.6 Å². The highest BCUT2D eigenvalue weighted by Crippen LogP contribution is 2.11. The Labute approximate surface area is 221 Å². The lowest BCUT2D eigenvalue weighted by atomic mass is 10.1. The second-order valence-electron chi connectivity index (χ2n) is 10.6. The molecular weight excluding hydrogens is 450 g/mol. The van der Waals surface area contributed by atoms with Crippen LogP contribution < -0.4 is 0 Å². The number of hydrogen-bond donors (Lipinski definition) is 1. The van der Waals surface area contributed by atoms with Crippen LogP contribution in [0.5, 0.6) is 0 Å². The predicted octanol–water partition coefficient (Wildman–Crippen LogP) is 7.79. The average molecular weight is 505 g/mol. The molecule has 0 aromatic heterocycles. The van der Waals surface area contributed by atoms with Crippen LogP contribution >= 0.6 is 0 Å². The van der Waals surface area contributed by atoms with E-state index in [0.717, 1.165) is 51.4 Å². The molecule has 0 rings (SSSR count). The number of carboxylic acid groups (broad SMARTS) is 1. The monoisotopic (exact) mass is 504 g/mol. The number of hydrogen-bond acceptors (Lipinski definition) is 3. The van der Waals surface area contributed by atoms with Gasteiger partial charge in [0.15, 0.2) is 6.10 Å². The van der Waals surface area contributed by atoms with Gasteiger partial charge in [0.1, 0.15) is 6.54 Å². The van der Waals surface area contributed by atoms with Gasteiger partial charge in [0, 0.05) is 6.42 Å². The Morgan fingerprint density at radius 3 is 1.69 bits per heavy atom. The van der Waals surface area contributed by atoms with E-state index >= 15 is 0 Å². The molecule has 1 N–H and O–H groups in total. The Morgan fingerprint density at radius 2 is 1.19 bits per heavy atom. The summed E-state index contributed by atoms with van der Waals surface area (Å²) in [5.41, 5.74) is 0. The Hall–Kier alpha value is -2.14. The molecule has 36 heavy (non-hydrogen) atoms. The van der Waals surface area contributed by atoms with Crippen molar-refractivity contribution in [2.75, 3.05) is 27.7 Å². The molecule has 0 aromatic carbocycles. The SMILES string of the molecule is CCCCC/C=C/C/C=C/C/C=C/C/C=C/CCCCCCCC(=O)O[C@@H](CC(=O)O)C[N+](C)(C)C. The second kappa shape index (κ2) is 23.3. The molecule has 0 saturated heterocycles. The van der Waals surface area contributed by atoms with E-state index in [9.17, 15) is 9.59 Å². The lowest BCUT2D eigenvalue weighted by Gasteiger charge is -2.28. The van der Waals surface area contributed by atoms with Gasteiger partial charge in [0.2, 0.25) is 0 Å². The van der Waals surface area contributed by atoms with Crippen LogP contribution in [0.15, 0.2) is 48.6 Å². The molecule has 0 aliphatic heterocycles. The lowest BCUT2D eigenvalue weighted by Crippen LogP contribution is -2.43. The van der Waals surface area contributed by atoms with E-state index in [1.165, 1.54) is 32.1 Å². The van der Waals surface area contributed by atoms with Gasteiger partial charge < -0.3 is 14.3 Å². The first-order valence-corrected chi connectivity index (χ1v) is 14.1. The molecule has 5 heteroatoms. The topological polar surface area (TPSA) is 63.6 Å². The number of likely N-dealkylation sites (N-methyl/N-ethyl adjacent to an activating group) is 1. The van der Waals surface area contributed by atoms with Crippen LogP contribution in [-0.4, -0.2) is 55.3 Å². The zero-order valence-electron chi connectivity index (χ0n) is 23.6. The van der Waals surface area contributed by atoms with E-state index in [-0.39, 0.29) is 12.4 Å². The largest absolute Gasteiger partial charge is 0.481 e. The molecule has 0 fully saturated rings. The van der Waals surface area contributed by atoms with Crippen LogP contribution in [0.2, 0.25) is 0 Å². The molecule has 0 aliphatic rings. The maximum atomic E-state index is 12.1. The van der Waals surface area contributed by atoms with E-state index in [1.807, 2.05) is 21.1 Å². The average Bonchev–Trinajstić information content (AvgIpc) is 2.78. The number of nitrogens with zero attached hydrogens (tertiary/aromatic N) is 1. The van der Waals surface area contributed by atoms with Gasteiger partial charge in [-0.15, -0.1) is 0 Å². The van der Waals surface area contributed by atoms with Crippen molar-refractivity contribution in [3.8, 4) is 0 Å². The number of carbonyl (C=O) groups excluding carboxylic acids is 1. The van der Waals surface area contributed by atoms with Crippen LogP contribution in [-0.2, 0) is 14.3 Å². The van der Waals surface area contributed by atoms with Crippen molar-refractivity contribution < 1.29 is 23.9 Å². The molecule has 1 atom stereocenters. The maximum absolute atomic E-state index is 12.1. The number of allylic oxidation sites excluding steroid dienone is 8. The zero-order valence-corrected chi connectivity index (χ0v) is 23.6. The van der Waals surface area contributed by atoms with Gasteiger partial charge in [-0.3, -0.25) is 9.59 Å². The minimum absolute atomic E-state index is 0.140. The molecule has 0 heterocycles. The number of carbonyl (C=O) groups is 2. The standard InChI is InChI=1S/C31H53NO4/c1-5-6-7-8-9-10-11-12-13-14-15-16-17-18-19-20-21-22-23-24-25-26-31(35)36-29(27-30(33)34)28-32(2,3)4/h9-10,12-13,15-16,18-19,29H,5-8,11,14,17,20-28H2,1-4H3/p+1/b10-9+,13-12+,16-15+,19-18+/t29-/m0/s1. The molecule has 0 saturated carbocycles.